The average Bonchev–Trinajstić information content (AvgIpc) is 3.30. The van der Waals surface area contributed by atoms with Crippen LogP contribution in [0.4, 0.5) is 5.69 Å². The van der Waals surface area contributed by atoms with Crippen molar-refractivity contribution >= 4 is 44.6 Å². The molecule has 7 nitrogen and oxygen atoms in total. The number of hydrogen-bond donors (Lipinski definition) is 2. The number of carbonyl (C=O) groups is 1. The minimum absolute atomic E-state index is 0.0274. The summed E-state index contributed by atoms with van der Waals surface area (Å²) >= 11 is 1.23. The van der Waals surface area contributed by atoms with Crippen LogP contribution in [0.25, 0.3) is 17.4 Å². The van der Waals surface area contributed by atoms with E-state index in [4.69, 9.17) is 9.56 Å². The van der Waals surface area contributed by atoms with E-state index in [9.17, 15) is 13.2 Å². The number of rotatable bonds is 4. The highest BCUT2D eigenvalue weighted by molar-refractivity contribution is 8.18. The summed E-state index contributed by atoms with van der Waals surface area (Å²) in [7, 11) is -3.75. The molecular weight excluding hydrogens is 422 g/mol. The lowest BCUT2D eigenvalue weighted by molar-refractivity contribution is -0.115. The molecule has 9 heteroatoms. The third kappa shape index (κ3) is 4.54. The summed E-state index contributed by atoms with van der Waals surface area (Å²) in [6.45, 7) is 2.00. The van der Waals surface area contributed by atoms with Crippen molar-refractivity contribution < 1.29 is 17.6 Å². The van der Waals surface area contributed by atoms with E-state index >= 15 is 0 Å². The van der Waals surface area contributed by atoms with Crippen LogP contribution in [0, 0.1) is 6.92 Å². The zero-order valence-corrected chi connectivity index (χ0v) is 17.5. The molecule has 0 atom stereocenters. The second-order valence-electron chi connectivity index (χ2n) is 6.59. The Morgan fingerprint density at radius 2 is 1.73 bits per heavy atom. The quantitative estimate of drug-likeness (QED) is 0.600. The van der Waals surface area contributed by atoms with Gasteiger partial charge in [0.2, 0.25) is 10.0 Å². The van der Waals surface area contributed by atoms with Crippen LogP contribution in [0.2, 0.25) is 0 Å². The molecule has 1 saturated heterocycles. The van der Waals surface area contributed by atoms with Crippen molar-refractivity contribution in [2.24, 2.45) is 10.1 Å². The Bertz CT molecular complexity index is 1270. The van der Waals surface area contributed by atoms with Crippen molar-refractivity contribution in [3.8, 4) is 11.3 Å². The van der Waals surface area contributed by atoms with E-state index in [0.29, 0.717) is 27.2 Å². The van der Waals surface area contributed by atoms with Crippen molar-refractivity contribution in [1.29, 1.82) is 0 Å². The van der Waals surface area contributed by atoms with Gasteiger partial charge in [0.15, 0.2) is 5.17 Å². The molecule has 3 N–H and O–H groups in total. The minimum atomic E-state index is -3.75. The zero-order chi connectivity index (χ0) is 21.3. The second-order valence-corrected chi connectivity index (χ2v) is 9.18. The lowest BCUT2D eigenvalue weighted by Crippen LogP contribution is -2.19. The maximum atomic E-state index is 12.3. The highest BCUT2D eigenvalue weighted by atomic mass is 32.2. The van der Waals surface area contributed by atoms with Gasteiger partial charge >= 0.3 is 0 Å². The number of thioether (sulfide) groups is 1. The van der Waals surface area contributed by atoms with Crippen LogP contribution in [0.15, 0.2) is 79.9 Å². The number of carbonyl (C=O) groups excluding carboxylic acids is 1. The summed E-state index contributed by atoms with van der Waals surface area (Å²) in [6.07, 6.45) is 1.64. The van der Waals surface area contributed by atoms with Crippen LogP contribution in [-0.4, -0.2) is 19.5 Å². The van der Waals surface area contributed by atoms with E-state index in [2.05, 4.69) is 10.3 Å². The number of hydrogen-bond acceptors (Lipinski definition) is 6. The first-order chi connectivity index (χ1) is 14.3. The summed E-state index contributed by atoms with van der Waals surface area (Å²) < 4.78 is 28.5. The zero-order valence-electron chi connectivity index (χ0n) is 15.8. The molecule has 0 saturated carbocycles. The van der Waals surface area contributed by atoms with Gasteiger partial charge in [-0.25, -0.2) is 18.5 Å². The molecule has 1 fully saturated rings. The van der Waals surface area contributed by atoms with Gasteiger partial charge in [0, 0.05) is 11.6 Å². The smallest absolute Gasteiger partial charge is 0.264 e. The molecule has 0 unspecified atom stereocenters. The van der Waals surface area contributed by atoms with E-state index in [1.165, 1.54) is 23.9 Å². The normalized spacial score (nSPS) is 16.9. The first-order valence-corrected chi connectivity index (χ1v) is 11.2. The molecule has 2 heterocycles. The fraction of sp³-hybridized carbons (Fsp3) is 0.0476. The molecule has 30 heavy (non-hydrogen) atoms. The number of aliphatic imine (C=N–C) groups is 1. The van der Waals surface area contributed by atoms with Gasteiger partial charge in [-0.05, 0) is 67.2 Å². The molecule has 2 aromatic carbocycles. The molecular formula is C21H17N3O4S2. The minimum Gasteiger partial charge on any atom is -0.457 e. The number of benzene rings is 2. The van der Waals surface area contributed by atoms with Gasteiger partial charge in [0.25, 0.3) is 5.91 Å². The second kappa shape index (κ2) is 7.94. The molecule has 0 spiro atoms. The summed E-state index contributed by atoms with van der Waals surface area (Å²) in [4.78, 5) is 17.2. The maximum Gasteiger partial charge on any atom is 0.264 e. The Morgan fingerprint density at radius 1 is 1.03 bits per heavy atom. The molecule has 0 bridgehead atoms. The number of amides is 1. The van der Waals surface area contributed by atoms with Crippen molar-refractivity contribution in [3.05, 3.63) is 76.9 Å². The lowest BCUT2D eigenvalue weighted by Gasteiger charge is -2.00. The predicted octanol–water partition coefficient (Wildman–Crippen LogP) is 3.79. The molecule has 0 aliphatic carbocycles. The first kappa shape index (κ1) is 20.1. The largest absolute Gasteiger partial charge is 0.457 e. The van der Waals surface area contributed by atoms with Crippen LogP contribution < -0.4 is 10.5 Å². The molecule has 4 rings (SSSR count). The number of primary sulfonamides is 1. The van der Waals surface area contributed by atoms with Crippen LogP contribution in [-0.2, 0) is 14.8 Å². The number of aryl methyl sites for hydroxylation is 1. The Kier molecular flexibility index (Phi) is 5.33. The third-order valence-corrected chi connectivity index (χ3v) is 6.12. The average molecular weight is 440 g/mol. The molecule has 3 aromatic rings. The van der Waals surface area contributed by atoms with Crippen molar-refractivity contribution in [3.63, 3.8) is 0 Å². The van der Waals surface area contributed by atoms with Crippen molar-refractivity contribution in [2.45, 2.75) is 11.8 Å². The molecule has 1 amide bonds. The molecule has 1 aliphatic rings. The van der Waals surface area contributed by atoms with Crippen molar-refractivity contribution in [1.82, 2.24) is 5.32 Å². The van der Waals surface area contributed by atoms with Crippen LogP contribution in [0.5, 0.6) is 0 Å². The Labute approximate surface area is 177 Å². The van der Waals surface area contributed by atoms with E-state index in [-0.39, 0.29) is 10.8 Å². The predicted molar refractivity (Wildman–Crippen MR) is 118 cm³/mol. The molecule has 152 valence electrons. The number of nitrogens with one attached hydrogen (secondary N) is 1. The fourth-order valence-electron chi connectivity index (χ4n) is 2.74. The number of nitrogens with two attached hydrogens (primary N) is 1. The van der Waals surface area contributed by atoms with Gasteiger partial charge in [-0.15, -0.1) is 0 Å². The fourth-order valence-corrected chi connectivity index (χ4v) is 4.08. The summed E-state index contributed by atoms with van der Waals surface area (Å²) in [5.74, 6) is 0.788. The summed E-state index contributed by atoms with van der Waals surface area (Å²) in [5, 5.41) is 8.35. The summed E-state index contributed by atoms with van der Waals surface area (Å²) in [6, 6.07) is 17.2. The first-order valence-electron chi connectivity index (χ1n) is 8.87. The Balaban J connectivity index is 1.52. The van der Waals surface area contributed by atoms with E-state index in [0.717, 1.165) is 11.3 Å². The Hall–Kier alpha value is -3.14. The van der Waals surface area contributed by atoms with Crippen molar-refractivity contribution in [2.75, 3.05) is 0 Å². The third-order valence-electron chi connectivity index (χ3n) is 4.28. The van der Waals surface area contributed by atoms with Crippen LogP contribution in [0.3, 0.4) is 0 Å². The summed E-state index contributed by atoms with van der Waals surface area (Å²) in [5.41, 5.74) is 2.58. The van der Waals surface area contributed by atoms with Gasteiger partial charge < -0.3 is 9.73 Å². The van der Waals surface area contributed by atoms with Gasteiger partial charge in [0.1, 0.15) is 11.5 Å². The lowest BCUT2D eigenvalue weighted by atomic mass is 10.2. The van der Waals surface area contributed by atoms with E-state index in [1.807, 2.05) is 31.2 Å². The molecule has 0 radical (unpaired) electrons. The number of furan rings is 1. The number of sulfonamides is 1. The van der Waals surface area contributed by atoms with Gasteiger partial charge in [-0.2, -0.15) is 0 Å². The molecule has 1 aromatic heterocycles. The maximum absolute atomic E-state index is 12.3. The van der Waals surface area contributed by atoms with Gasteiger partial charge in [-0.3, -0.25) is 4.79 Å². The van der Waals surface area contributed by atoms with E-state index < -0.39 is 10.0 Å². The molecule has 1 aliphatic heterocycles. The van der Waals surface area contributed by atoms with Gasteiger partial charge in [-0.1, -0.05) is 17.7 Å². The van der Waals surface area contributed by atoms with E-state index in [1.54, 1.807) is 30.3 Å². The SMILES string of the molecule is Cc1ccc(N=C2NC(=O)/C(=C/c3ccc(-c4ccc(S(N)(=O)=O)cc4)o3)S2)cc1. The topological polar surface area (TPSA) is 115 Å². The number of nitrogens with zero attached hydrogens (tertiary/aromatic N) is 1. The van der Waals surface area contributed by atoms with Crippen LogP contribution in [0.1, 0.15) is 11.3 Å². The Morgan fingerprint density at radius 3 is 2.40 bits per heavy atom. The highest BCUT2D eigenvalue weighted by Crippen LogP contribution is 2.30. The highest BCUT2D eigenvalue weighted by Gasteiger charge is 2.24. The van der Waals surface area contributed by atoms with Gasteiger partial charge in [0.05, 0.1) is 15.5 Å². The number of amidine groups is 1. The van der Waals surface area contributed by atoms with Crippen LogP contribution >= 0.6 is 11.8 Å². The standard InChI is InChI=1S/C21H17N3O4S2/c1-13-2-6-15(7-3-13)23-21-24-20(25)19(29-21)12-16-8-11-18(28-16)14-4-9-17(10-5-14)30(22,26)27/h2-12H,1H3,(H2,22,26,27)(H,23,24,25)/b19-12-. The monoisotopic (exact) mass is 439 g/mol.